The van der Waals surface area contributed by atoms with E-state index in [9.17, 15) is 0 Å². The molecule has 4 aliphatic rings. The van der Waals surface area contributed by atoms with Gasteiger partial charge in [-0.05, 0) is 37.5 Å². The maximum Gasteiger partial charge on any atom is 4.00 e. The van der Waals surface area contributed by atoms with Crippen LogP contribution in [0.5, 0.6) is 0 Å². The predicted octanol–water partition coefficient (Wildman–Crippen LogP) is 0.518. The Balaban J connectivity index is 0.000000411. The first-order chi connectivity index (χ1) is 10.9. The van der Waals surface area contributed by atoms with Gasteiger partial charge < -0.3 is 34.0 Å². The molecule has 0 bridgehead atoms. The molecule has 0 saturated heterocycles. The smallest absolute Gasteiger partial charge is 1.00 e. The molecule has 0 aromatic rings. The molecule has 0 aromatic carbocycles. The monoisotopic (exact) mass is 542 g/mol. The van der Waals surface area contributed by atoms with Gasteiger partial charge >= 0.3 is 26.2 Å². The average Bonchev–Trinajstić information content (AvgIpc) is 3.31. The first kappa shape index (κ1) is 25.8. The summed E-state index contributed by atoms with van der Waals surface area (Å²) in [6.45, 7) is 0. The van der Waals surface area contributed by atoms with Crippen molar-refractivity contribution in [3.05, 3.63) is 47.6 Å². The van der Waals surface area contributed by atoms with Gasteiger partial charge in [-0.1, -0.05) is 38.5 Å². The van der Waals surface area contributed by atoms with Crippen molar-refractivity contribution in [2.24, 2.45) is 11.8 Å². The van der Waals surface area contributed by atoms with E-state index >= 15 is 0 Å². The van der Waals surface area contributed by atoms with Gasteiger partial charge in [0.1, 0.15) is 0 Å². The summed E-state index contributed by atoms with van der Waals surface area (Å²) in [5.74, 6) is 1.73. The van der Waals surface area contributed by atoms with Crippen molar-refractivity contribution in [1.29, 1.82) is 0 Å². The maximum absolute atomic E-state index is 3.43. The Morgan fingerprint density at radius 2 is 0.960 bits per heavy atom. The molecule has 0 aromatic heterocycles. The third kappa shape index (κ3) is 8.57. The van der Waals surface area contributed by atoms with Gasteiger partial charge in [-0.25, -0.2) is 23.3 Å². The van der Waals surface area contributed by atoms with Crippen molar-refractivity contribution >= 4 is 0 Å². The molecule has 0 nitrogen and oxygen atoms in total. The number of hydrogen-bond donors (Lipinski definition) is 0. The molecule has 25 heavy (non-hydrogen) atoms. The van der Waals surface area contributed by atoms with Crippen LogP contribution in [0, 0.1) is 24.0 Å². The van der Waals surface area contributed by atoms with Crippen LogP contribution in [-0.4, -0.2) is 0 Å². The molecule has 0 aliphatic heterocycles. The minimum Gasteiger partial charge on any atom is -1.00 e. The Morgan fingerprint density at radius 3 is 1.24 bits per heavy atom. The summed E-state index contributed by atoms with van der Waals surface area (Å²) < 4.78 is 0. The van der Waals surface area contributed by atoms with E-state index < -0.39 is 0 Å². The number of hydrogen-bond acceptors (Lipinski definition) is 0. The summed E-state index contributed by atoms with van der Waals surface area (Å²) in [4.78, 5) is 0. The van der Waals surface area contributed by atoms with Gasteiger partial charge in [0.05, 0.1) is 0 Å². The predicted molar refractivity (Wildman–Crippen MR) is 94.2 cm³/mol. The van der Waals surface area contributed by atoms with Crippen LogP contribution in [0.2, 0.25) is 0 Å². The second-order valence-electron chi connectivity index (χ2n) is 7.15. The second kappa shape index (κ2) is 14.8. The third-order valence-electron chi connectivity index (χ3n) is 5.53. The maximum atomic E-state index is 3.43. The normalized spacial score (nSPS) is 22.6. The fraction of sp³-hybridized carbons (Fsp3) is 0.636. The Hall–Kier alpha value is 0.803. The van der Waals surface area contributed by atoms with E-state index in [-0.39, 0.29) is 60.2 Å². The number of allylic oxidation sites excluding steroid dienone is 8. The van der Waals surface area contributed by atoms with Crippen molar-refractivity contribution in [1.82, 2.24) is 0 Å². The van der Waals surface area contributed by atoms with Gasteiger partial charge in [-0.2, -0.15) is 12.2 Å². The molecule has 2 saturated carbocycles. The SMILES string of the molecule is [Br-].[Br-].[C-]1=C(C2CCCCC2)C=CC1.[C-]1=C(C2CCCCC2)C=CC1.[Zr+4]. The molecule has 0 amide bonds. The van der Waals surface area contributed by atoms with Crippen LogP contribution in [0.15, 0.2) is 35.5 Å². The zero-order valence-corrected chi connectivity index (χ0v) is 20.8. The molecule has 2 fully saturated rings. The van der Waals surface area contributed by atoms with E-state index in [0.29, 0.717) is 0 Å². The molecule has 0 heterocycles. The summed E-state index contributed by atoms with van der Waals surface area (Å²) >= 11 is 0. The van der Waals surface area contributed by atoms with E-state index in [2.05, 4.69) is 36.5 Å². The molecule has 0 N–H and O–H groups in total. The Labute approximate surface area is 195 Å². The molecule has 136 valence electrons. The van der Waals surface area contributed by atoms with Gasteiger partial charge in [0.2, 0.25) is 0 Å². The van der Waals surface area contributed by atoms with E-state index in [1.165, 1.54) is 75.4 Å². The van der Waals surface area contributed by atoms with Crippen molar-refractivity contribution < 1.29 is 60.2 Å². The molecule has 3 heteroatoms. The second-order valence-corrected chi connectivity index (χ2v) is 7.15. The van der Waals surface area contributed by atoms with Crippen LogP contribution >= 0.6 is 0 Å². The molecular formula is C22H30Br2Zr. The van der Waals surface area contributed by atoms with Gasteiger partial charge in [-0.3, -0.25) is 12.2 Å². The zero-order valence-electron chi connectivity index (χ0n) is 15.2. The quantitative estimate of drug-likeness (QED) is 0.445. The average molecular weight is 546 g/mol. The van der Waals surface area contributed by atoms with Crippen LogP contribution < -0.4 is 34.0 Å². The van der Waals surface area contributed by atoms with E-state index in [4.69, 9.17) is 0 Å². The fourth-order valence-corrected chi connectivity index (χ4v) is 4.23. The van der Waals surface area contributed by atoms with Crippen LogP contribution in [0.4, 0.5) is 0 Å². The first-order valence-electron chi connectivity index (χ1n) is 9.48. The number of rotatable bonds is 2. The Bertz CT molecular complexity index is 420. The summed E-state index contributed by atoms with van der Waals surface area (Å²) in [5.41, 5.74) is 3.01. The molecule has 4 rings (SSSR count). The topological polar surface area (TPSA) is 0 Å². The first-order valence-corrected chi connectivity index (χ1v) is 9.48. The van der Waals surface area contributed by atoms with E-state index in [1.807, 2.05) is 0 Å². The Kier molecular flexibility index (Phi) is 15.3. The molecule has 4 aliphatic carbocycles. The minimum atomic E-state index is 0. The van der Waals surface area contributed by atoms with Crippen LogP contribution in [-0.2, 0) is 26.2 Å². The minimum absolute atomic E-state index is 0. The fourth-order valence-electron chi connectivity index (χ4n) is 4.23. The Morgan fingerprint density at radius 1 is 0.600 bits per heavy atom. The van der Waals surface area contributed by atoms with Crippen molar-refractivity contribution in [3.63, 3.8) is 0 Å². The number of halogens is 2. The van der Waals surface area contributed by atoms with Crippen LogP contribution in [0.3, 0.4) is 0 Å². The summed E-state index contributed by atoms with van der Waals surface area (Å²) in [7, 11) is 0. The summed E-state index contributed by atoms with van der Waals surface area (Å²) in [5, 5.41) is 0. The summed E-state index contributed by atoms with van der Waals surface area (Å²) in [6.07, 6.45) is 32.3. The third-order valence-corrected chi connectivity index (χ3v) is 5.53. The van der Waals surface area contributed by atoms with Crippen molar-refractivity contribution in [2.75, 3.05) is 0 Å². The van der Waals surface area contributed by atoms with E-state index in [1.54, 1.807) is 0 Å². The van der Waals surface area contributed by atoms with Gasteiger partial charge in [0, 0.05) is 0 Å². The molecular weight excluding hydrogens is 515 g/mol. The van der Waals surface area contributed by atoms with Crippen LogP contribution in [0.1, 0.15) is 77.0 Å². The van der Waals surface area contributed by atoms with Crippen LogP contribution in [0.25, 0.3) is 0 Å². The molecule has 0 atom stereocenters. The molecule has 0 unspecified atom stereocenters. The van der Waals surface area contributed by atoms with Crippen molar-refractivity contribution in [2.45, 2.75) is 77.0 Å². The van der Waals surface area contributed by atoms with Gasteiger partial charge in [0.25, 0.3) is 0 Å². The van der Waals surface area contributed by atoms with Gasteiger partial charge in [-0.15, -0.1) is 12.8 Å². The standard InChI is InChI=1S/2C11H15.2BrH.Zr/c2*1-2-6-10(7-3-1)11-8-4-5-9-11;;;/h2*4,8,10H,1-3,5-7H2;2*1H;/q2*-1;;;+4/p-2. The molecule has 0 radical (unpaired) electrons. The van der Waals surface area contributed by atoms with E-state index in [0.717, 1.165) is 24.7 Å². The van der Waals surface area contributed by atoms with Crippen molar-refractivity contribution in [3.8, 4) is 0 Å². The van der Waals surface area contributed by atoms with Gasteiger partial charge in [0.15, 0.2) is 0 Å². The largest absolute Gasteiger partial charge is 4.00 e. The summed E-state index contributed by atoms with van der Waals surface area (Å²) in [6, 6.07) is 0. The molecule has 0 spiro atoms. The zero-order chi connectivity index (χ0) is 15.0.